The second kappa shape index (κ2) is 9.34. The van der Waals surface area contributed by atoms with Gasteiger partial charge in [-0.25, -0.2) is 4.79 Å². The number of nitriles is 1. The van der Waals surface area contributed by atoms with E-state index in [-0.39, 0.29) is 12.2 Å². The average Bonchev–Trinajstić information content (AvgIpc) is 2.93. The van der Waals surface area contributed by atoms with E-state index >= 15 is 0 Å². The maximum atomic E-state index is 12.6. The molecule has 0 saturated heterocycles. The number of rotatable bonds is 6. The number of carbonyl (C=O) groups excluding carboxylic acids is 2. The Hall–Kier alpha value is -2.91. The first-order valence-electron chi connectivity index (χ1n) is 9.08. The molecule has 28 heavy (non-hydrogen) atoms. The Kier molecular flexibility index (Phi) is 7.13. The Morgan fingerprint density at radius 3 is 2.43 bits per heavy atom. The largest absolute Gasteiger partial charge is 0.462 e. The van der Waals surface area contributed by atoms with Gasteiger partial charge in [0.15, 0.2) is 0 Å². The van der Waals surface area contributed by atoms with E-state index in [2.05, 4.69) is 19.2 Å². The third-order valence-corrected chi connectivity index (χ3v) is 5.49. The van der Waals surface area contributed by atoms with Crippen molar-refractivity contribution in [2.45, 2.75) is 40.5 Å². The molecular weight excluding hydrogens is 372 g/mol. The van der Waals surface area contributed by atoms with Crippen LogP contribution in [0.15, 0.2) is 29.8 Å². The molecule has 0 saturated carbocycles. The molecule has 2 aromatic rings. The first-order chi connectivity index (χ1) is 13.3. The zero-order chi connectivity index (χ0) is 20.8. The van der Waals surface area contributed by atoms with Crippen LogP contribution in [-0.2, 0) is 9.53 Å². The van der Waals surface area contributed by atoms with Crippen LogP contribution in [0.3, 0.4) is 0 Å². The SMILES string of the molecule is CCOC(=O)c1c(NC(=O)C(C#N)=Cc2ccc(C(C)C)cc2)sc(C)c1C. The number of anilines is 1. The number of nitrogens with zero attached hydrogens (tertiary/aromatic N) is 1. The third-order valence-electron chi connectivity index (χ3n) is 4.37. The molecule has 0 fully saturated rings. The minimum absolute atomic E-state index is 0.0317. The second-order valence-electron chi connectivity index (χ2n) is 6.65. The van der Waals surface area contributed by atoms with E-state index in [0.29, 0.717) is 16.5 Å². The van der Waals surface area contributed by atoms with Gasteiger partial charge in [0.2, 0.25) is 0 Å². The lowest BCUT2D eigenvalue weighted by atomic mass is 10.0. The van der Waals surface area contributed by atoms with Crippen LogP contribution in [0.2, 0.25) is 0 Å². The standard InChI is InChI=1S/C22H24N2O3S/c1-6-27-22(26)19-14(4)15(5)28-21(19)24-20(25)18(12-23)11-16-7-9-17(10-8-16)13(2)3/h7-11,13H,6H2,1-5H3,(H,24,25). The Labute approximate surface area is 169 Å². The summed E-state index contributed by atoms with van der Waals surface area (Å²) in [4.78, 5) is 25.8. The zero-order valence-corrected chi connectivity index (χ0v) is 17.6. The molecule has 146 valence electrons. The van der Waals surface area contributed by atoms with Gasteiger partial charge in [-0.3, -0.25) is 4.79 Å². The molecule has 1 amide bonds. The molecule has 0 aliphatic heterocycles. The monoisotopic (exact) mass is 396 g/mol. The zero-order valence-electron chi connectivity index (χ0n) is 16.8. The summed E-state index contributed by atoms with van der Waals surface area (Å²) >= 11 is 1.29. The van der Waals surface area contributed by atoms with E-state index in [1.54, 1.807) is 6.92 Å². The van der Waals surface area contributed by atoms with Gasteiger partial charge in [0.05, 0.1) is 12.2 Å². The summed E-state index contributed by atoms with van der Waals surface area (Å²) in [5.41, 5.74) is 3.03. The lowest BCUT2D eigenvalue weighted by Gasteiger charge is -2.07. The highest BCUT2D eigenvalue weighted by atomic mass is 32.1. The van der Waals surface area contributed by atoms with Gasteiger partial charge in [-0.1, -0.05) is 38.1 Å². The van der Waals surface area contributed by atoms with E-state index in [1.165, 1.54) is 23.0 Å². The molecule has 0 radical (unpaired) electrons. The Bertz CT molecular complexity index is 947. The predicted octanol–water partition coefficient (Wildman–Crippen LogP) is 5.21. The number of benzene rings is 1. The molecule has 0 spiro atoms. The highest BCUT2D eigenvalue weighted by Gasteiger charge is 2.23. The molecule has 5 nitrogen and oxygen atoms in total. The van der Waals surface area contributed by atoms with Gasteiger partial charge >= 0.3 is 5.97 Å². The lowest BCUT2D eigenvalue weighted by molar-refractivity contribution is -0.112. The van der Waals surface area contributed by atoms with Crippen molar-refractivity contribution in [3.63, 3.8) is 0 Å². The second-order valence-corrected chi connectivity index (χ2v) is 7.88. The number of hydrogen-bond donors (Lipinski definition) is 1. The molecule has 1 N–H and O–H groups in total. The molecule has 0 aliphatic rings. The number of thiophene rings is 1. The van der Waals surface area contributed by atoms with Gasteiger partial charge in [-0.2, -0.15) is 5.26 Å². The van der Waals surface area contributed by atoms with Crippen molar-refractivity contribution >= 4 is 34.3 Å². The minimum atomic E-state index is -0.553. The van der Waals surface area contributed by atoms with Gasteiger partial charge in [0.25, 0.3) is 5.91 Å². The van der Waals surface area contributed by atoms with Crippen LogP contribution < -0.4 is 5.32 Å². The number of esters is 1. The summed E-state index contributed by atoms with van der Waals surface area (Å²) in [6.45, 7) is 9.86. The van der Waals surface area contributed by atoms with E-state index in [9.17, 15) is 14.9 Å². The lowest BCUT2D eigenvalue weighted by Crippen LogP contribution is -2.16. The van der Waals surface area contributed by atoms with Gasteiger partial charge in [-0.15, -0.1) is 11.3 Å². The van der Waals surface area contributed by atoms with E-state index in [1.807, 2.05) is 44.2 Å². The molecule has 2 rings (SSSR count). The molecule has 0 atom stereocenters. The van der Waals surface area contributed by atoms with Crippen LogP contribution in [0, 0.1) is 25.2 Å². The minimum Gasteiger partial charge on any atom is -0.462 e. The van der Waals surface area contributed by atoms with Crippen molar-refractivity contribution in [3.8, 4) is 6.07 Å². The van der Waals surface area contributed by atoms with Gasteiger partial charge in [0.1, 0.15) is 16.6 Å². The molecule has 1 aromatic carbocycles. The summed E-state index contributed by atoms with van der Waals surface area (Å²) in [5.74, 6) is -0.628. The van der Waals surface area contributed by atoms with Crippen LogP contribution in [-0.4, -0.2) is 18.5 Å². The summed E-state index contributed by atoms with van der Waals surface area (Å²) in [5, 5.41) is 12.5. The van der Waals surface area contributed by atoms with E-state index in [0.717, 1.165) is 16.0 Å². The van der Waals surface area contributed by atoms with Crippen LogP contribution in [0.25, 0.3) is 6.08 Å². The van der Waals surface area contributed by atoms with Crippen molar-refractivity contribution in [3.05, 3.63) is 57.0 Å². The van der Waals surface area contributed by atoms with E-state index in [4.69, 9.17) is 4.74 Å². The highest BCUT2D eigenvalue weighted by molar-refractivity contribution is 7.16. The summed E-state index contributed by atoms with van der Waals surface area (Å²) in [7, 11) is 0. The summed E-state index contributed by atoms with van der Waals surface area (Å²) in [6.07, 6.45) is 1.54. The number of nitrogens with one attached hydrogen (secondary N) is 1. The van der Waals surface area contributed by atoms with Crippen LogP contribution in [0.1, 0.15) is 58.6 Å². The van der Waals surface area contributed by atoms with Crippen LogP contribution in [0.4, 0.5) is 5.00 Å². The molecule has 0 aliphatic carbocycles. The first kappa shape index (κ1) is 21.4. The molecular formula is C22H24N2O3S. The van der Waals surface area contributed by atoms with Crippen LogP contribution in [0.5, 0.6) is 0 Å². The maximum absolute atomic E-state index is 12.6. The number of hydrogen-bond acceptors (Lipinski definition) is 5. The average molecular weight is 397 g/mol. The fourth-order valence-electron chi connectivity index (χ4n) is 2.63. The van der Waals surface area contributed by atoms with Crippen LogP contribution >= 0.6 is 11.3 Å². The fourth-order valence-corrected chi connectivity index (χ4v) is 3.67. The molecule has 0 bridgehead atoms. The third kappa shape index (κ3) is 4.87. The van der Waals surface area contributed by atoms with Gasteiger partial charge in [-0.05, 0) is 49.5 Å². The first-order valence-corrected chi connectivity index (χ1v) is 9.90. The van der Waals surface area contributed by atoms with E-state index < -0.39 is 11.9 Å². The summed E-state index contributed by atoms with van der Waals surface area (Å²) < 4.78 is 5.09. The number of aryl methyl sites for hydroxylation is 1. The molecule has 1 aromatic heterocycles. The smallest absolute Gasteiger partial charge is 0.341 e. The van der Waals surface area contributed by atoms with Gasteiger partial charge in [0, 0.05) is 4.88 Å². The number of amides is 1. The highest BCUT2D eigenvalue weighted by Crippen LogP contribution is 2.33. The number of ether oxygens (including phenoxy) is 1. The molecule has 6 heteroatoms. The molecule has 1 heterocycles. The Morgan fingerprint density at radius 2 is 1.89 bits per heavy atom. The number of carbonyl (C=O) groups is 2. The fraction of sp³-hybridized carbons (Fsp3) is 0.318. The molecule has 0 unspecified atom stereocenters. The summed E-state index contributed by atoms with van der Waals surface area (Å²) in [6, 6.07) is 9.66. The normalized spacial score (nSPS) is 11.2. The Balaban J connectivity index is 2.29. The predicted molar refractivity (Wildman–Crippen MR) is 113 cm³/mol. The topological polar surface area (TPSA) is 79.2 Å². The Morgan fingerprint density at radius 1 is 1.25 bits per heavy atom. The van der Waals surface area contributed by atoms with Crippen molar-refractivity contribution in [1.29, 1.82) is 5.26 Å². The van der Waals surface area contributed by atoms with Crippen molar-refractivity contribution in [2.75, 3.05) is 11.9 Å². The maximum Gasteiger partial charge on any atom is 0.341 e. The van der Waals surface area contributed by atoms with Crippen molar-refractivity contribution in [1.82, 2.24) is 0 Å². The quantitative estimate of drug-likeness (QED) is 0.413. The van der Waals surface area contributed by atoms with Crippen molar-refractivity contribution in [2.24, 2.45) is 0 Å². The van der Waals surface area contributed by atoms with Crippen molar-refractivity contribution < 1.29 is 14.3 Å². The van der Waals surface area contributed by atoms with Gasteiger partial charge < -0.3 is 10.1 Å².